The van der Waals surface area contributed by atoms with Crippen molar-refractivity contribution in [2.24, 2.45) is 5.73 Å². The van der Waals surface area contributed by atoms with Gasteiger partial charge < -0.3 is 10.5 Å². The molecule has 1 atom stereocenters. The molecular weight excluding hydrogens is 288 g/mol. The number of hydrogen-bond acceptors (Lipinski definition) is 5. The number of ether oxygens (including phenoxy) is 1. The predicted molar refractivity (Wildman–Crippen MR) is 78.0 cm³/mol. The molecule has 0 heterocycles. The minimum absolute atomic E-state index is 0.0218. The zero-order valence-electron chi connectivity index (χ0n) is 12.4. The third kappa shape index (κ3) is 5.74. The number of nitrogens with two attached hydrogens (primary N) is 1. The minimum atomic E-state index is -1.16. The van der Waals surface area contributed by atoms with E-state index in [-0.39, 0.29) is 18.6 Å². The van der Waals surface area contributed by atoms with Crippen molar-refractivity contribution in [2.45, 2.75) is 32.8 Å². The van der Waals surface area contributed by atoms with Gasteiger partial charge in [0, 0.05) is 12.0 Å². The van der Waals surface area contributed by atoms with Crippen LogP contribution < -0.4 is 11.1 Å². The van der Waals surface area contributed by atoms with Crippen LogP contribution in [0, 0.1) is 6.92 Å². The van der Waals surface area contributed by atoms with Gasteiger partial charge in [0.1, 0.15) is 0 Å². The average Bonchev–Trinajstić information content (AvgIpc) is 2.44. The molecule has 1 rings (SSSR count). The Morgan fingerprint density at radius 1 is 1.14 bits per heavy atom. The van der Waals surface area contributed by atoms with Crippen molar-refractivity contribution in [1.29, 1.82) is 0 Å². The van der Waals surface area contributed by atoms with Crippen LogP contribution in [0.4, 0.5) is 4.79 Å². The molecule has 118 valence electrons. The number of esters is 1. The van der Waals surface area contributed by atoms with Gasteiger partial charge in [0.2, 0.25) is 0 Å². The molecule has 1 unspecified atom stereocenters. The lowest BCUT2D eigenvalue weighted by molar-refractivity contribution is -0.154. The van der Waals surface area contributed by atoms with Gasteiger partial charge in [0.15, 0.2) is 11.9 Å². The average molecular weight is 306 g/mol. The fourth-order valence-electron chi connectivity index (χ4n) is 1.63. The monoisotopic (exact) mass is 306 g/mol. The van der Waals surface area contributed by atoms with Crippen molar-refractivity contribution in [2.75, 3.05) is 0 Å². The van der Waals surface area contributed by atoms with E-state index in [1.165, 1.54) is 6.92 Å². The maximum atomic E-state index is 11.9. The highest BCUT2D eigenvalue weighted by molar-refractivity contribution is 5.98. The first kappa shape index (κ1) is 17.4. The van der Waals surface area contributed by atoms with E-state index in [1.54, 1.807) is 17.4 Å². The molecule has 7 heteroatoms. The van der Waals surface area contributed by atoms with Gasteiger partial charge in [-0.05, 0) is 13.8 Å². The standard InChI is InChI=1S/C15H18N2O5/c1-9-3-5-11(6-4-9)12(18)7-8-13(19)22-10(2)14(20)17-15(16)21/h3-6,10H,7-8H2,1-2H3,(H3,16,17,20,21). The number of rotatable bonds is 6. The molecule has 1 aromatic rings. The van der Waals surface area contributed by atoms with Crippen molar-refractivity contribution in [1.82, 2.24) is 5.32 Å². The van der Waals surface area contributed by atoms with E-state index in [0.29, 0.717) is 5.56 Å². The highest BCUT2D eigenvalue weighted by atomic mass is 16.5. The van der Waals surface area contributed by atoms with Gasteiger partial charge in [-0.25, -0.2) is 4.79 Å². The summed E-state index contributed by atoms with van der Waals surface area (Å²) in [5, 5.41) is 1.80. The SMILES string of the molecule is Cc1ccc(C(=O)CCC(=O)OC(C)C(=O)NC(N)=O)cc1. The number of carbonyl (C=O) groups is 4. The number of carbonyl (C=O) groups excluding carboxylic acids is 4. The number of urea groups is 1. The second-order valence-corrected chi connectivity index (χ2v) is 4.77. The Morgan fingerprint density at radius 2 is 1.73 bits per heavy atom. The van der Waals surface area contributed by atoms with Gasteiger partial charge in [-0.2, -0.15) is 0 Å². The fourth-order valence-corrected chi connectivity index (χ4v) is 1.63. The number of nitrogens with one attached hydrogen (secondary N) is 1. The Morgan fingerprint density at radius 3 is 2.27 bits per heavy atom. The number of primary amides is 1. The Labute approximate surface area is 127 Å². The molecule has 3 amide bonds. The van der Waals surface area contributed by atoms with Gasteiger partial charge in [-0.15, -0.1) is 0 Å². The molecule has 0 aromatic heterocycles. The summed E-state index contributed by atoms with van der Waals surface area (Å²) in [7, 11) is 0. The van der Waals surface area contributed by atoms with Crippen LogP contribution in [0.15, 0.2) is 24.3 Å². The maximum Gasteiger partial charge on any atom is 0.318 e. The topological polar surface area (TPSA) is 116 Å². The van der Waals surface area contributed by atoms with Crippen molar-refractivity contribution < 1.29 is 23.9 Å². The molecule has 0 aliphatic carbocycles. The normalized spacial score (nSPS) is 11.4. The van der Waals surface area contributed by atoms with Gasteiger partial charge in [0.25, 0.3) is 5.91 Å². The Bertz CT molecular complexity index is 580. The van der Waals surface area contributed by atoms with Crippen molar-refractivity contribution in [3.8, 4) is 0 Å². The summed E-state index contributed by atoms with van der Waals surface area (Å²) < 4.78 is 4.81. The Balaban J connectivity index is 2.42. The largest absolute Gasteiger partial charge is 0.453 e. The number of aryl methyl sites for hydroxylation is 1. The van der Waals surface area contributed by atoms with Gasteiger partial charge in [0.05, 0.1) is 6.42 Å². The first-order chi connectivity index (χ1) is 10.3. The summed E-state index contributed by atoms with van der Waals surface area (Å²) >= 11 is 0. The number of benzene rings is 1. The highest BCUT2D eigenvalue weighted by Crippen LogP contribution is 2.08. The molecule has 0 saturated heterocycles. The number of Topliss-reactive ketones (excluding diaryl/α,β-unsaturated/α-hetero) is 1. The summed E-state index contributed by atoms with van der Waals surface area (Å²) in [6.07, 6.45) is -1.33. The zero-order valence-corrected chi connectivity index (χ0v) is 12.4. The van der Waals surface area contributed by atoms with Crippen LogP contribution in [0.5, 0.6) is 0 Å². The molecule has 0 aliphatic rings. The van der Waals surface area contributed by atoms with Crippen molar-refractivity contribution >= 4 is 23.7 Å². The lowest BCUT2D eigenvalue weighted by Gasteiger charge is -2.11. The zero-order chi connectivity index (χ0) is 16.7. The van der Waals surface area contributed by atoms with E-state index in [1.807, 2.05) is 19.1 Å². The van der Waals surface area contributed by atoms with E-state index in [2.05, 4.69) is 0 Å². The third-order valence-electron chi connectivity index (χ3n) is 2.85. The minimum Gasteiger partial charge on any atom is -0.453 e. The molecule has 0 spiro atoms. The lowest BCUT2D eigenvalue weighted by Crippen LogP contribution is -2.42. The van der Waals surface area contributed by atoms with Crippen LogP contribution in [0.25, 0.3) is 0 Å². The molecule has 22 heavy (non-hydrogen) atoms. The second kappa shape index (κ2) is 7.92. The molecule has 0 aliphatic heterocycles. The highest BCUT2D eigenvalue weighted by Gasteiger charge is 2.19. The van der Waals surface area contributed by atoms with E-state index in [4.69, 9.17) is 10.5 Å². The Kier molecular flexibility index (Phi) is 6.25. The molecule has 7 nitrogen and oxygen atoms in total. The Hall–Kier alpha value is -2.70. The van der Waals surface area contributed by atoms with Crippen LogP contribution in [0.2, 0.25) is 0 Å². The van der Waals surface area contributed by atoms with Crippen LogP contribution in [0.1, 0.15) is 35.7 Å². The molecule has 0 fully saturated rings. The maximum absolute atomic E-state index is 11.9. The molecule has 3 N–H and O–H groups in total. The first-order valence-electron chi connectivity index (χ1n) is 6.69. The summed E-state index contributed by atoms with van der Waals surface area (Å²) in [5.74, 6) is -1.70. The molecule has 0 radical (unpaired) electrons. The quantitative estimate of drug-likeness (QED) is 0.603. The van der Waals surface area contributed by atoms with Gasteiger partial charge >= 0.3 is 12.0 Å². The van der Waals surface area contributed by atoms with Crippen LogP contribution in [-0.4, -0.2) is 29.8 Å². The summed E-state index contributed by atoms with van der Waals surface area (Å²) in [6, 6.07) is 5.96. The fraction of sp³-hybridized carbons (Fsp3) is 0.333. The number of ketones is 1. The van der Waals surface area contributed by atoms with E-state index >= 15 is 0 Å². The number of imide groups is 1. The summed E-state index contributed by atoms with van der Waals surface area (Å²) in [6.45, 7) is 3.21. The summed E-state index contributed by atoms with van der Waals surface area (Å²) in [4.78, 5) is 45.3. The van der Waals surface area contributed by atoms with E-state index in [9.17, 15) is 19.2 Å². The number of hydrogen-bond donors (Lipinski definition) is 2. The van der Waals surface area contributed by atoms with Gasteiger partial charge in [-0.3, -0.25) is 19.7 Å². The van der Waals surface area contributed by atoms with E-state index in [0.717, 1.165) is 5.56 Å². The van der Waals surface area contributed by atoms with Crippen molar-refractivity contribution in [3.05, 3.63) is 35.4 Å². The molecular formula is C15H18N2O5. The van der Waals surface area contributed by atoms with E-state index < -0.39 is 24.0 Å². The number of amides is 3. The first-order valence-corrected chi connectivity index (χ1v) is 6.69. The van der Waals surface area contributed by atoms with Crippen LogP contribution in [-0.2, 0) is 14.3 Å². The summed E-state index contributed by atoms with van der Waals surface area (Å²) in [5.41, 5.74) is 6.32. The smallest absolute Gasteiger partial charge is 0.318 e. The molecule has 0 bridgehead atoms. The molecule has 1 aromatic carbocycles. The second-order valence-electron chi connectivity index (χ2n) is 4.77. The van der Waals surface area contributed by atoms with Crippen LogP contribution in [0.3, 0.4) is 0 Å². The van der Waals surface area contributed by atoms with Crippen molar-refractivity contribution in [3.63, 3.8) is 0 Å². The van der Waals surface area contributed by atoms with Crippen LogP contribution >= 0.6 is 0 Å². The molecule has 0 saturated carbocycles. The predicted octanol–water partition coefficient (Wildman–Crippen LogP) is 1.08. The lowest BCUT2D eigenvalue weighted by atomic mass is 10.1. The third-order valence-corrected chi connectivity index (χ3v) is 2.85. The van der Waals surface area contributed by atoms with Gasteiger partial charge in [-0.1, -0.05) is 29.8 Å².